The molecular formula is C14H18BrNO5. The number of carboxylic acids is 1. The van der Waals surface area contributed by atoms with Gasteiger partial charge < -0.3 is 19.5 Å². The van der Waals surface area contributed by atoms with Crippen LogP contribution in [0.2, 0.25) is 0 Å². The number of methoxy groups -OCH3 is 2. The van der Waals surface area contributed by atoms with Gasteiger partial charge in [-0.05, 0) is 34.5 Å². The number of halogens is 1. The van der Waals surface area contributed by atoms with Crippen LogP contribution in [0.3, 0.4) is 0 Å². The van der Waals surface area contributed by atoms with Crippen LogP contribution in [-0.2, 0) is 4.79 Å². The molecule has 0 bridgehead atoms. The molecule has 1 rings (SSSR count). The fraction of sp³-hybridized carbons (Fsp3) is 0.429. The van der Waals surface area contributed by atoms with Gasteiger partial charge in [0.1, 0.15) is 16.0 Å². The van der Waals surface area contributed by atoms with Crippen LogP contribution in [0.1, 0.15) is 23.2 Å². The van der Waals surface area contributed by atoms with Crippen molar-refractivity contribution in [2.24, 2.45) is 0 Å². The zero-order valence-corrected chi connectivity index (χ0v) is 13.8. The van der Waals surface area contributed by atoms with E-state index >= 15 is 0 Å². The molecule has 0 atom stereocenters. The van der Waals surface area contributed by atoms with E-state index in [0.717, 1.165) is 0 Å². The van der Waals surface area contributed by atoms with E-state index in [-0.39, 0.29) is 12.3 Å². The van der Waals surface area contributed by atoms with Gasteiger partial charge in [-0.2, -0.15) is 0 Å². The number of nitrogens with zero attached hydrogens (tertiary/aromatic N) is 1. The van der Waals surface area contributed by atoms with Gasteiger partial charge in [-0.15, -0.1) is 0 Å². The van der Waals surface area contributed by atoms with E-state index in [2.05, 4.69) is 15.9 Å². The van der Waals surface area contributed by atoms with Crippen LogP contribution < -0.4 is 9.47 Å². The average Bonchev–Trinajstić information content (AvgIpc) is 2.46. The van der Waals surface area contributed by atoms with Crippen LogP contribution in [0.15, 0.2) is 16.6 Å². The lowest BCUT2D eigenvalue weighted by molar-refractivity contribution is -0.137. The minimum Gasteiger partial charge on any atom is -0.495 e. The summed E-state index contributed by atoms with van der Waals surface area (Å²) in [6.07, 6.45) is 0.437. The highest BCUT2D eigenvalue weighted by atomic mass is 79.9. The number of ether oxygens (including phenoxy) is 2. The van der Waals surface area contributed by atoms with Crippen LogP contribution in [0, 0.1) is 0 Å². The van der Waals surface area contributed by atoms with Crippen molar-refractivity contribution in [1.29, 1.82) is 0 Å². The molecule has 0 saturated carbocycles. The molecule has 0 aromatic heterocycles. The minimum absolute atomic E-state index is 0.0323. The fourth-order valence-electron chi connectivity index (χ4n) is 1.78. The number of amides is 1. The van der Waals surface area contributed by atoms with Crippen molar-refractivity contribution in [3.8, 4) is 11.5 Å². The number of carboxylic acid groups (broad SMARTS) is 1. The standard InChI is InChI=1S/C14H18BrNO5/c1-16(6-4-5-12(17)18)14(19)9-7-10(20-2)13(15)11(8-9)21-3/h7-8H,4-6H2,1-3H3,(H,17,18). The van der Waals surface area contributed by atoms with Gasteiger partial charge in [-0.3, -0.25) is 9.59 Å². The summed E-state index contributed by atoms with van der Waals surface area (Å²) in [5.41, 5.74) is 0.421. The van der Waals surface area contributed by atoms with E-state index in [9.17, 15) is 9.59 Å². The van der Waals surface area contributed by atoms with Crippen molar-refractivity contribution in [3.05, 3.63) is 22.2 Å². The van der Waals surface area contributed by atoms with Crippen LogP contribution in [-0.4, -0.2) is 49.7 Å². The van der Waals surface area contributed by atoms with Gasteiger partial charge in [0.25, 0.3) is 5.91 Å². The molecule has 1 aromatic rings. The first-order valence-electron chi connectivity index (χ1n) is 6.29. The molecule has 6 nitrogen and oxygen atoms in total. The first-order valence-corrected chi connectivity index (χ1v) is 7.08. The summed E-state index contributed by atoms with van der Waals surface area (Å²) in [5.74, 6) is -0.0967. The lowest BCUT2D eigenvalue weighted by Crippen LogP contribution is -2.28. The quantitative estimate of drug-likeness (QED) is 0.808. The maximum absolute atomic E-state index is 12.3. The SMILES string of the molecule is COc1cc(C(=O)N(C)CCCC(=O)O)cc(OC)c1Br. The molecule has 0 radical (unpaired) electrons. The summed E-state index contributed by atoms with van der Waals surface area (Å²) in [4.78, 5) is 24.3. The van der Waals surface area contributed by atoms with Gasteiger partial charge in [-0.25, -0.2) is 0 Å². The Morgan fingerprint density at radius 2 is 1.76 bits per heavy atom. The van der Waals surface area contributed by atoms with E-state index in [0.29, 0.717) is 34.5 Å². The number of benzene rings is 1. The first kappa shape index (κ1) is 17.3. The molecule has 1 amide bonds. The Labute approximate surface area is 131 Å². The molecule has 0 aliphatic rings. The van der Waals surface area contributed by atoms with Crippen LogP contribution in [0.25, 0.3) is 0 Å². The van der Waals surface area contributed by atoms with Crippen molar-refractivity contribution < 1.29 is 24.2 Å². The summed E-state index contributed by atoms with van der Waals surface area (Å²) >= 11 is 3.34. The maximum atomic E-state index is 12.3. The normalized spacial score (nSPS) is 10.1. The zero-order chi connectivity index (χ0) is 16.0. The third kappa shape index (κ3) is 4.63. The molecule has 21 heavy (non-hydrogen) atoms. The minimum atomic E-state index is -0.872. The monoisotopic (exact) mass is 359 g/mol. The van der Waals surface area contributed by atoms with E-state index in [1.807, 2.05) is 0 Å². The van der Waals surface area contributed by atoms with E-state index < -0.39 is 5.97 Å². The van der Waals surface area contributed by atoms with Gasteiger partial charge in [-0.1, -0.05) is 0 Å². The van der Waals surface area contributed by atoms with Crippen molar-refractivity contribution in [2.45, 2.75) is 12.8 Å². The van der Waals surface area contributed by atoms with Gasteiger partial charge in [0.15, 0.2) is 0 Å². The summed E-state index contributed by atoms with van der Waals surface area (Å²) in [5, 5.41) is 8.61. The molecular weight excluding hydrogens is 342 g/mol. The molecule has 0 heterocycles. The van der Waals surface area contributed by atoms with Crippen LogP contribution in [0.5, 0.6) is 11.5 Å². The number of rotatable bonds is 7. The molecule has 0 aliphatic carbocycles. The number of carbonyl (C=O) groups is 2. The lowest BCUT2D eigenvalue weighted by atomic mass is 10.1. The van der Waals surface area contributed by atoms with E-state index in [4.69, 9.17) is 14.6 Å². The summed E-state index contributed by atoms with van der Waals surface area (Å²) < 4.78 is 11.0. The summed E-state index contributed by atoms with van der Waals surface area (Å²) in [7, 11) is 4.64. The van der Waals surface area contributed by atoms with Crippen LogP contribution >= 0.6 is 15.9 Å². The predicted octanol–water partition coefficient (Wildman–Crippen LogP) is 2.40. The van der Waals surface area contributed by atoms with E-state index in [1.54, 1.807) is 19.2 Å². The summed E-state index contributed by atoms with van der Waals surface area (Å²) in [6, 6.07) is 3.23. The highest BCUT2D eigenvalue weighted by Gasteiger charge is 2.17. The van der Waals surface area contributed by atoms with Crippen LogP contribution in [0.4, 0.5) is 0 Å². The number of carbonyl (C=O) groups excluding carboxylic acids is 1. The largest absolute Gasteiger partial charge is 0.495 e. The second kappa shape index (κ2) is 7.87. The highest BCUT2D eigenvalue weighted by molar-refractivity contribution is 9.10. The third-order valence-electron chi connectivity index (χ3n) is 2.92. The molecule has 1 N–H and O–H groups in total. The van der Waals surface area contributed by atoms with Crippen molar-refractivity contribution in [1.82, 2.24) is 4.90 Å². The molecule has 0 unspecified atom stereocenters. The fourth-order valence-corrected chi connectivity index (χ4v) is 2.33. The molecule has 0 fully saturated rings. The Morgan fingerprint density at radius 1 is 1.24 bits per heavy atom. The molecule has 0 spiro atoms. The van der Waals surface area contributed by atoms with Gasteiger partial charge in [0.05, 0.1) is 14.2 Å². The van der Waals surface area contributed by atoms with Crippen molar-refractivity contribution >= 4 is 27.8 Å². The molecule has 116 valence electrons. The van der Waals surface area contributed by atoms with Gasteiger partial charge in [0.2, 0.25) is 0 Å². The molecule has 7 heteroatoms. The topological polar surface area (TPSA) is 76.1 Å². The molecule has 1 aromatic carbocycles. The highest BCUT2D eigenvalue weighted by Crippen LogP contribution is 2.35. The van der Waals surface area contributed by atoms with E-state index in [1.165, 1.54) is 19.1 Å². The number of aliphatic carboxylic acids is 1. The Kier molecular flexibility index (Phi) is 6.48. The zero-order valence-electron chi connectivity index (χ0n) is 12.2. The molecule has 0 aliphatic heterocycles. The van der Waals surface area contributed by atoms with Gasteiger partial charge in [0, 0.05) is 25.6 Å². The first-order chi connectivity index (χ1) is 9.90. The van der Waals surface area contributed by atoms with Gasteiger partial charge >= 0.3 is 5.97 Å². The Hall–Kier alpha value is -1.76. The second-order valence-electron chi connectivity index (χ2n) is 4.42. The smallest absolute Gasteiger partial charge is 0.303 e. The van der Waals surface area contributed by atoms with Crippen molar-refractivity contribution in [3.63, 3.8) is 0 Å². The second-order valence-corrected chi connectivity index (χ2v) is 5.21. The lowest BCUT2D eigenvalue weighted by Gasteiger charge is -2.18. The molecule has 0 saturated heterocycles. The number of hydrogen-bond acceptors (Lipinski definition) is 4. The number of hydrogen-bond donors (Lipinski definition) is 1. The predicted molar refractivity (Wildman–Crippen MR) is 81.1 cm³/mol. The third-order valence-corrected chi connectivity index (χ3v) is 3.71. The summed E-state index contributed by atoms with van der Waals surface area (Å²) in [6.45, 7) is 0.367. The van der Waals surface area contributed by atoms with Crippen molar-refractivity contribution in [2.75, 3.05) is 27.8 Å². The maximum Gasteiger partial charge on any atom is 0.303 e. The Morgan fingerprint density at radius 3 is 2.19 bits per heavy atom. The Bertz CT molecular complexity index is 507. The Balaban J connectivity index is 2.88. The average molecular weight is 360 g/mol.